The first-order chi connectivity index (χ1) is 7.29. The molecule has 1 aliphatic carbocycles. The molecule has 0 radical (unpaired) electrons. The van der Waals surface area contributed by atoms with Crippen molar-refractivity contribution in [2.24, 2.45) is 0 Å². The Morgan fingerprint density at radius 1 is 1.20 bits per heavy atom. The second-order valence-electron chi connectivity index (χ2n) is 5.09. The van der Waals surface area contributed by atoms with E-state index in [1.54, 1.807) is 0 Å². The van der Waals surface area contributed by atoms with Gasteiger partial charge in [0.1, 0.15) is 0 Å². The molecule has 3 heteroatoms. The average molecular weight is 213 g/mol. The Morgan fingerprint density at radius 2 is 2.00 bits per heavy atom. The molecule has 1 saturated carbocycles. The van der Waals surface area contributed by atoms with Crippen LogP contribution in [-0.4, -0.2) is 36.5 Å². The summed E-state index contributed by atoms with van der Waals surface area (Å²) in [5.74, 6) is 0. The van der Waals surface area contributed by atoms with Crippen molar-refractivity contribution in [2.45, 2.75) is 56.6 Å². The Bertz CT molecular complexity index is 184. The number of rotatable bonds is 4. The lowest BCUT2D eigenvalue weighted by atomic mass is 10.0. The summed E-state index contributed by atoms with van der Waals surface area (Å²) in [4.78, 5) is 0. The van der Waals surface area contributed by atoms with Gasteiger partial charge in [0.2, 0.25) is 0 Å². The minimum atomic E-state index is -0.505. The van der Waals surface area contributed by atoms with Crippen molar-refractivity contribution >= 4 is 0 Å². The summed E-state index contributed by atoms with van der Waals surface area (Å²) >= 11 is 0. The fraction of sp³-hybridized carbons (Fsp3) is 1.00. The first-order valence-electron chi connectivity index (χ1n) is 6.32. The fourth-order valence-electron chi connectivity index (χ4n) is 2.63. The highest BCUT2D eigenvalue weighted by Crippen LogP contribution is 2.29. The highest BCUT2D eigenvalue weighted by Gasteiger charge is 2.31. The summed E-state index contributed by atoms with van der Waals surface area (Å²) in [6.45, 7) is 2.42. The van der Waals surface area contributed by atoms with Crippen LogP contribution in [0, 0.1) is 0 Å². The molecule has 2 aliphatic rings. The minimum absolute atomic E-state index is 0.505. The van der Waals surface area contributed by atoms with Crippen molar-refractivity contribution in [2.75, 3.05) is 19.8 Å². The van der Waals surface area contributed by atoms with Crippen LogP contribution in [0.4, 0.5) is 0 Å². The normalized spacial score (nSPS) is 30.6. The van der Waals surface area contributed by atoms with Crippen LogP contribution in [0.1, 0.15) is 44.9 Å². The summed E-state index contributed by atoms with van der Waals surface area (Å²) in [5.41, 5.74) is -0.505. The highest BCUT2D eigenvalue weighted by molar-refractivity contribution is 4.84. The molecule has 0 aromatic heterocycles. The van der Waals surface area contributed by atoms with Crippen LogP contribution >= 0.6 is 0 Å². The maximum atomic E-state index is 10.1. The molecule has 0 bridgehead atoms. The van der Waals surface area contributed by atoms with Gasteiger partial charge in [-0.05, 0) is 32.2 Å². The third-order valence-corrected chi connectivity index (χ3v) is 3.64. The molecular formula is C12H23NO2. The predicted molar refractivity (Wildman–Crippen MR) is 59.9 cm³/mol. The van der Waals surface area contributed by atoms with Gasteiger partial charge in [-0.25, -0.2) is 0 Å². The average Bonchev–Trinajstić information content (AvgIpc) is 2.67. The SMILES string of the molecule is OC1(COCC2CCCCN2)CCCC1. The zero-order chi connectivity index (χ0) is 10.6. The van der Waals surface area contributed by atoms with E-state index in [0.717, 1.165) is 38.8 Å². The lowest BCUT2D eigenvalue weighted by Crippen LogP contribution is -2.39. The lowest BCUT2D eigenvalue weighted by molar-refractivity contribution is -0.0470. The standard InChI is InChI=1S/C12H23NO2/c14-12(6-2-3-7-12)10-15-9-11-5-1-4-8-13-11/h11,13-14H,1-10H2. The molecular weight excluding hydrogens is 190 g/mol. The van der Waals surface area contributed by atoms with E-state index >= 15 is 0 Å². The highest BCUT2D eigenvalue weighted by atomic mass is 16.5. The van der Waals surface area contributed by atoms with Crippen LogP contribution in [-0.2, 0) is 4.74 Å². The Hall–Kier alpha value is -0.120. The van der Waals surface area contributed by atoms with Gasteiger partial charge in [0, 0.05) is 6.04 Å². The number of ether oxygens (including phenoxy) is 1. The molecule has 0 aromatic rings. The van der Waals surface area contributed by atoms with Crippen molar-refractivity contribution in [1.82, 2.24) is 5.32 Å². The van der Waals surface area contributed by atoms with E-state index in [1.165, 1.54) is 19.3 Å². The van der Waals surface area contributed by atoms with Gasteiger partial charge in [-0.1, -0.05) is 19.3 Å². The molecule has 2 rings (SSSR count). The zero-order valence-electron chi connectivity index (χ0n) is 9.50. The topological polar surface area (TPSA) is 41.5 Å². The Morgan fingerprint density at radius 3 is 2.67 bits per heavy atom. The van der Waals surface area contributed by atoms with Gasteiger partial charge in [-0.15, -0.1) is 0 Å². The predicted octanol–water partition coefficient (Wildman–Crippen LogP) is 1.45. The van der Waals surface area contributed by atoms with Crippen LogP contribution < -0.4 is 5.32 Å². The van der Waals surface area contributed by atoms with Gasteiger partial charge in [0.25, 0.3) is 0 Å². The summed E-state index contributed by atoms with van der Waals surface area (Å²) < 4.78 is 5.65. The maximum absolute atomic E-state index is 10.1. The van der Waals surface area contributed by atoms with Gasteiger partial charge in [0.15, 0.2) is 0 Å². The monoisotopic (exact) mass is 213 g/mol. The van der Waals surface area contributed by atoms with Crippen molar-refractivity contribution in [3.05, 3.63) is 0 Å². The Labute approximate surface area is 92.2 Å². The van der Waals surface area contributed by atoms with E-state index in [4.69, 9.17) is 4.74 Å². The van der Waals surface area contributed by atoms with E-state index in [-0.39, 0.29) is 0 Å². The third-order valence-electron chi connectivity index (χ3n) is 3.64. The van der Waals surface area contributed by atoms with Crippen LogP contribution in [0.15, 0.2) is 0 Å². The van der Waals surface area contributed by atoms with Gasteiger partial charge in [-0.2, -0.15) is 0 Å². The van der Waals surface area contributed by atoms with E-state index in [2.05, 4.69) is 5.32 Å². The fourth-order valence-corrected chi connectivity index (χ4v) is 2.63. The van der Waals surface area contributed by atoms with Crippen molar-refractivity contribution in [3.63, 3.8) is 0 Å². The maximum Gasteiger partial charge on any atom is 0.0880 e. The molecule has 15 heavy (non-hydrogen) atoms. The molecule has 1 saturated heterocycles. The minimum Gasteiger partial charge on any atom is -0.387 e. The smallest absolute Gasteiger partial charge is 0.0880 e. The second kappa shape index (κ2) is 5.28. The summed E-state index contributed by atoms with van der Waals surface area (Å²) in [6, 6.07) is 0.517. The van der Waals surface area contributed by atoms with Crippen molar-refractivity contribution in [1.29, 1.82) is 0 Å². The van der Waals surface area contributed by atoms with E-state index < -0.39 is 5.60 Å². The van der Waals surface area contributed by atoms with Crippen LogP contribution in [0.5, 0.6) is 0 Å². The number of hydrogen-bond donors (Lipinski definition) is 2. The first kappa shape index (κ1) is 11.4. The number of hydrogen-bond acceptors (Lipinski definition) is 3. The van der Waals surface area contributed by atoms with E-state index in [0.29, 0.717) is 12.6 Å². The quantitative estimate of drug-likeness (QED) is 0.742. The summed E-state index contributed by atoms with van der Waals surface area (Å²) in [5, 5.41) is 13.5. The summed E-state index contributed by atoms with van der Waals surface area (Å²) in [7, 11) is 0. The van der Waals surface area contributed by atoms with Gasteiger partial charge >= 0.3 is 0 Å². The largest absolute Gasteiger partial charge is 0.387 e. The van der Waals surface area contributed by atoms with Crippen LogP contribution in [0.2, 0.25) is 0 Å². The summed E-state index contributed by atoms with van der Waals surface area (Å²) in [6.07, 6.45) is 7.98. The molecule has 3 nitrogen and oxygen atoms in total. The van der Waals surface area contributed by atoms with Crippen molar-refractivity contribution < 1.29 is 9.84 Å². The molecule has 1 aliphatic heterocycles. The molecule has 1 atom stereocenters. The number of aliphatic hydroxyl groups is 1. The molecule has 0 spiro atoms. The number of nitrogens with one attached hydrogen (secondary N) is 1. The third kappa shape index (κ3) is 3.44. The van der Waals surface area contributed by atoms with Crippen LogP contribution in [0.25, 0.3) is 0 Å². The first-order valence-corrected chi connectivity index (χ1v) is 6.32. The molecule has 0 aromatic carbocycles. The van der Waals surface area contributed by atoms with Gasteiger partial charge < -0.3 is 15.2 Å². The number of piperidine rings is 1. The lowest BCUT2D eigenvalue weighted by Gasteiger charge is -2.26. The molecule has 0 amide bonds. The van der Waals surface area contributed by atoms with Crippen molar-refractivity contribution in [3.8, 4) is 0 Å². The van der Waals surface area contributed by atoms with Crippen LogP contribution in [0.3, 0.4) is 0 Å². The van der Waals surface area contributed by atoms with E-state index in [1.807, 2.05) is 0 Å². The molecule has 2 fully saturated rings. The van der Waals surface area contributed by atoms with E-state index in [9.17, 15) is 5.11 Å². The molecule has 1 heterocycles. The Kier molecular flexibility index (Phi) is 4.00. The molecule has 1 unspecified atom stereocenters. The van der Waals surface area contributed by atoms with Gasteiger partial charge in [-0.3, -0.25) is 0 Å². The van der Waals surface area contributed by atoms with Gasteiger partial charge in [0.05, 0.1) is 18.8 Å². The second-order valence-corrected chi connectivity index (χ2v) is 5.09. The zero-order valence-corrected chi connectivity index (χ0v) is 9.50. The Balaban J connectivity index is 1.61. The molecule has 2 N–H and O–H groups in total. The molecule has 88 valence electrons.